The number of halogens is 1. The van der Waals surface area contributed by atoms with E-state index in [4.69, 9.17) is 0 Å². The van der Waals surface area contributed by atoms with Crippen LogP contribution in [0, 0.1) is 10.1 Å². The third kappa shape index (κ3) is 3.26. The lowest BCUT2D eigenvalue weighted by atomic mass is 10.2. The molecule has 0 saturated heterocycles. The van der Waals surface area contributed by atoms with Crippen molar-refractivity contribution in [3.8, 4) is 0 Å². The molecule has 0 N–H and O–H groups in total. The quantitative estimate of drug-likeness (QED) is 0.454. The van der Waals surface area contributed by atoms with E-state index in [1.165, 1.54) is 24.8 Å². The first-order chi connectivity index (χ1) is 9.49. The van der Waals surface area contributed by atoms with Gasteiger partial charge in [-0.25, -0.2) is 0 Å². The number of benzene rings is 2. The van der Waals surface area contributed by atoms with Gasteiger partial charge in [0.15, 0.2) is 5.78 Å². The predicted molar refractivity (Wildman–Crippen MR) is 81.4 cm³/mol. The summed E-state index contributed by atoms with van der Waals surface area (Å²) in [5.74, 6) is -0.0204. The highest BCUT2D eigenvalue weighted by Gasteiger charge is 2.15. The molecule has 2 aromatic carbocycles. The standard InChI is InChI=1S/C14H10BrNO3S/c1-9(17)10-6-7-13(11(15)8-10)20-14-5-3-2-4-12(14)16(18)19/h2-8H,1H3. The Morgan fingerprint density at radius 2 is 1.90 bits per heavy atom. The second kappa shape index (κ2) is 6.19. The summed E-state index contributed by atoms with van der Waals surface area (Å²) in [6, 6.07) is 11.8. The number of para-hydroxylation sites is 1. The summed E-state index contributed by atoms with van der Waals surface area (Å²) in [6.07, 6.45) is 0. The highest BCUT2D eigenvalue weighted by molar-refractivity contribution is 9.10. The van der Waals surface area contributed by atoms with E-state index in [0.717, 1.165) is 9.37 Å². The van der Waals surface area contributed by atoms with Gasteiger partial charge in [0.05, 0.1) is 9.82 Å². The molecule has 0 aliphatic carbocycles. The van der Waals surface area contributed by atoms with Crippen LogP contribution in [0.25, 0.3) is 0 Å². The van der Waals surface area contributed by atoms with Crippen molar-refractivity contribution in [3.63, 3.8) is 0 Å². The van der Waals surface area contributed by atoms with Crippen LogP contribution in [0.1, 0.15) is 17.3 Å². The number of nitro benzene ring substituents is 1. The van der Waals surface area contributed by atoms with Gasteiger partial charge in [-0.2, -0.15) is 0 Å². The van der Waals surface area contributed by atoms with Gasteiger partial charge in [0.25, 0.3) is 5.69 Å². The van der Waals surface area contributed by atoms with Crippen LogP contribution in [0.4, 0.5) is 5.69 Å². The first-order valence-electron chi connectivity index (χ1n) is 5.71. The van der Waals surface area contributed by atoms with Crippen LogP contribution in [-0.2, 0) is 0 Å². The van der Waals surface area contributed by atoms with E-state index >= 15 is 0 Å². The van der Waals surface area contributed by atoms with Crippen LogP contribution >= 0.6 is 27.7 Å². The minimum Gasteiger partial charge on any atom is -0.295 e. The van der Waals surface area contributed by atoms with Gasteiger partial charge in [-0.05, 0) is 41.1 Å². The smallest absolute Gasteiger partial charge is 0.283 e. The fourth-order valence-corrected chi connectivity index (χ4v) is 3.16. The number of carbonyl (C=O) groups is 1. The highest BCUT2D eigenvalue weighted by atomic mass is 79.9. The fourth-order valence-electron chi connectivity index (χ4n) is 1.62. The van der Waals surface area contributed by atoms with Crippen molar-refractivity contribution in [2.75, 3.05) is 0 Å². The summed E-state index contributed by atoms with van der Waals surface area (Å²) in [5.41, 5.74) is 0.670. The summed E-state index contributed by atoms with van der Waals surface area (Å²) in [4.78, 5) is 23.3. The Morgan fingerprint density at radius 3 is 2.50 bits per heavy atom. The summed E-state index contributed by atoms with van der Waals surface area (Å²) >= 11 is 4.68. The molecule has 102 valence electrons. The van der Waals surface area contributed by atoms with Crippen LogP contribution in [-0.4, -0.2) is 10.7 Å². The maximum absolute atomic E-state index is 11.3. The number of nitro groups is 1. The van der Waals surface area contributed by atoms with E-state index < -0.39 is 4.92 Å². The zero-order valence-electron chi connectivity index (χ0n) is 10.5. The number of ketones is 1. The predicted octanol–water partition coefficient (Wildman–Crippen LogP) is 4.71. The van der Waals surface area contributed by atoms with E-state index in [1.54, 1.807) is 36.4 Å². The molecule has 0 atom stereocenters. The first-order valence-corrected chi connectivity index (χ1v) is 7.31. The molecule has 2 aromatic rings. The lowest BCUT2D eigenvalue weighted by molar-refractivity contribution is -0.387. The Balaban J connectivity index is 2.36. The fraction of sp³-hybridized carbons (Fsp3) is 0.0714. The summed E-state index contributed by atoms with van der Waals surface area (Å²) in [7, 11) is 0. The SMILES string of the molecule is CC(=O)c1ccc(Sc2ccccc2[N+](=O)[O-])c(Br)c1. The van der Waals surface area contributed by atoms with E-state index in [1.807, 2.05) is 0 Å². The van der Waals surface area contributed by atoms with Crippen LogP contribution in [0.2, 0.25) is 0 Å². The Hall–Kier alpha value is -1.66. The minimum absolute atomic E-state index is 0.0204. The Kier molecular flexibility index (Phi) is 4.57. The molecule has 20 heavy (non-hydrogen) atoms. The van der Waals surface area contributed by atoms with Crippen molar-refractivity contribution < 1.29 is 9.72 Å². The molecular weight excluding hydrogens is 342 g/mol. The molecule has 0 radical (unpaired) electrons. The number of rotatable bonds is 4. The summed E-state index contributed by atoms with van der Waals surface area (Å²) in [6.45, 7) is 1.50. The van der Waals surface area contributed by atoms with Gasteiger partial charge in [-0.15, -0.1) is 0 Å². The molecule has 2 rings (SSSR count). The van der Waals surface area contributed by atoms with Gasteiger partial charge in [0.1, 0.15) is 0 Å². The van der Waals surface area contributed by atoms with Crippen molar-refractivity contribution >= 4 is 39.2 Å². The van der Waals surface area contributed by atoms with Crippen molar-refractivity contribution in [2.45, 2.75) is 16.7 Å². The number of hydrogen-bond donors (Lipinski definition) is 0. The Labute approximate surface area is 128 Å². The summed E-state index contributed by atoms with van der Waals surface area (Å²) in [5, 5.41) is 11.0. The van der Waals surface area contributed by atoms with E-state index in [-0.39, 0.29) is 11.5 Å². The molecule has 0 amide bonds. The molecule has 0 saturated carbocycles. The van der Waals surface area contributed by atoms with Gasteiger partial charge in [-0.3, -0.25) is 14.9 Å². The monoisotopic (exact) mass is 351 g/mol. The van der Waals surface area contributed by atoms with Crippen molar-refractivity contribution in [2.24, 2.45) is 0 Å². The molecule has 6 heteroatoms. The highest BCUT2D eigenvalue weighted by Crippen LogP contribution is 2.38. The zero-order valence-corrected chi connectivity index (χ0v) is 12.9. The largest absolute Gasteiger partial charge is 0.295 e. The summed E-state index contributed by atoms with van der Waals surface area (Å²) < 4.78 is 0.744. The number of Topliss-reactive ketones (excluding diaryl/α,β-unsaturated/α-hetero) is 1. The molecule has 0 aliphatic rings. The maximum atomic E-state index is 11.3. The van der Waals surface area contributed by atoms with Crippen LogP contribution in [0.15, 0.2) is 56.7 Å². The second-order valence-corrected chi connectivity index (χ2v) is 5.97. The Bertz CT molecular complexity index is 688. The lowest BCUT2D eigenvalue weighted by Gasteiger charge is -2.06. The second-order valence-electron chi connectivity index (χ2n) is 4.03. The molecule has 0 spiro atoms. The molecular formula is C14H10BrNO3S. The molecule has 0 fully saturated rings. The van der Waals surface area contributed by atoms with Crippen LogP contribution in [0.3, 0.4) is 0 Å². The molecule has 0 heterocycles. The topological polar surface area (TPSA) is 60.2 Å². The maximum Gasteiger partial charge on any atom is 0.283 e. The van der Waals surface area contributed by atoms with E-state index in [0.29, 0.717) is 10.5 Å². The molecule has 0 aliphatic heterocycles. The molecule has 0 aromatic heterocycles. The third-order valence-electron chi connectivity index (χ3n) is 2.62. The van der Waals surface area contributed by atoms with Gasteiger partial charge in [0.2, 0.25) is 0 Å². The lowest BCUT2D eigenvalue weighted by Crippen LogP contribution is -1.93. The molecule has 0 unspecified atom stereocenters. The number of nitrogens with zero attached hydrogens (tertiary/aromatic N) is 1. The normalized spacial score (nSPS) is 10.3. The average molecular weight is 352 g/mol. The number of carbonyl (C=O) groups excluding carboxylic acids is 1. The van der Waals surface area contributed by atoms with Crippen molar-refractivity contribution in [3.05, 3.63) is 62.6 Å². The van der Waals surface area contributed by atoms with Gasteiger partial charge in [-0.1, -0.05) is 30.0 Å². The van der Waals surface area contributed by atoms with Crippen LogP contribution in [0.5, 0.6) is 0 Å². The molecule has 0 bridgehead atoms. The van der Waals surface area contributed by atoms with Gasteiger partial charge < -0.3 is 0 Å². The first kappa shape index (κ1) is 14.7. The Morgan fingerprint density at radius 1 is 1.20 bits per heavy atom. The minimum atomic E-state index is -0.403. The van der Waals surface area contributed by atoms with Gasteiger partial charge >= 0.3 is 0 Å². The van der Waals surface area contributed by atoms with E-state index in [9.17, 15) is 14.9 Å². The third-order valence-corrected chi connectivity index (χ3v) is 4.68. The average Bonchev–Trinajstić information content (AvgIpc) is 2.41. The van der Waals surface area contributed by atoms with Crippen LogP contribution < -0.4 is 0 Å². The van der Waals surface area contributed by atoms with E-state index in [2.05, 4.69) is 15.9 Å². The number of hydrogen-bond acceptors (Lipinski definition) is 4. The molecule has 4 nitrogen and oxygen atoms in total. The van der Waals surface area contributed by atoms with Crippen molar-refractivity contribution in [1.82, 2.24) is 0 Å². The van der Waals surface area contributed by atoms with Crippen molar-refractivity contribution in [1.29, 1.82) is 0 Å². The zero-order chi connectivity index (χ0) is 14.7. The van der Waals surface area contributed by atoms with Gasteiger partial charge in [0, 0.05) is 21.0 Å².